The number of carbonyl (C=O) groups is 1. The Hall–Kier alpha value is -4.70. The molecule has 0 spiro atoms. The molecule has 206 valence electrons. The quantitative estimate of drug-likeness (QED) is 0.303. The van der Waals surface area contributed by atoms with Gasteiger partial charge in [-0.15, -0.1) is 0 Å². The van der Waals surface area contributed by atoms with Crippen molar-refractivity contribution in [3.63, 3.8) is 0 Å². The van der Waals surface area contributed by atoms with Crippen LogP contribution in [-0.2, 0) is 0 Å². The third-order valence-corrected chi connectivity index (χ3v) is 6.44. The molecule has 13 heteroatoms. The van der Waals surface area contributed by atoms with E-state index in [1.807, 2.05) is 6.07 Å². The van der Waals surface area contributed by atoms with Gasteiger partial charge in [0, 0.05) is 6.20 Å². The van der Waals surface area contributed by atoms with E-state index in [0.29, 0.717) is 39.7 Å². The van der Waals surface area contributed by atoms with E-state index in [1.165, 1.54) is 37.3 Å². The minimum atomic E-state index is -2.73. The summed E-state index contributed by atoms with van der Waals surface area (Å²) >= 11 is 0. The van der Waals surface area contributed by atoms with Gasteiger partial charge in [-0.25, -0.2) is 22.7 Å². The number of hydrogen-bond donors (Lipinski definition) is 3. The van der Waals surface area contributed by atoms with Crippen molar-refractivity contribution in [1.29, 1.82) is 5.26 Å². The van der Waals surface area contributed by atoms with Crippen LogP contribution >= 0.6 is 0 Å². The van der Waals surface area contributed by atoms with Crippen LogP contribution in [0.3, 0.4) is 0 Å². The number of amides is 1. The number of halogens is 3. The number of alkyl halides is 3. The van der Waals surface area contributed by atoms with Crippen molar-refractivity contribution < 1.29 is 23.1 Å². The molecule has 1 amide bonds. The average Bonchev–Trinajstić information content (AvgIpc) is 3.33. The summed E-state index contributed by atoms with van der Waals surface area (Å²) in [5.41, 5.74) is 1.35. The van der Waals surface area contributed by atoms with Crippen molar-refractivity contribution in [2.75, 3.05) is 29.9 Å². The summed E-state index contributed by atoms with van der Waals surface area (Å²) < 4.78 is 42.4. The molecule has 3 N–H and O–H groups in total. The van der Waals surface area contributed by atoms with Crippen molar-refractivity contribution in [3.8, 4) is 17.5 Å². The molecule has 1 saturated heterocycles. The van der Waals surface area contributed by atoms with Gasteiger partial charge in [-0.1, -0.05) is 0 Å². The number of nitrogens with zero attached hydrogens (tertiary/aromatic N) is 6. The Morgan fingerprint density at radius 2 is 1.95 bits per heavy atom. The molecule has 0 aromatic carbocycles. The molecule has 10 nitrogen and oxygen atoms in total. The number of pyridine rings is 2. The maximum Gasteiger partial charge on any atom is 0.282 e. The van der Waals surface area contributed by atoms with E-state index in [2.05, 4.69) is 25.7 Å². The first kappa shape index (κ1) is 26.9. The largest absolute Gasteiger partial charge is 0.387 e. The lowest BCUT2D eigenvalue weighted by Crippen LogP contribution is -2.56. The summed E-state index contributed by atoms with van der Waals surface area (Å²) in [6.07, 6.45) is 2.51. The van der Waals surface area contributed by atoms with Gasteiger partial charge in [0.05, 0.1) is 77.0 Å². The number of rotatable bonds is 8. The minimum absolute atomic E-state index is 0.0961. The highest BCUT2D eigenvalue weighted by Gasteiger charge is 2.44. The van der Waals surface area contributed by atoms with Crippen LogP contribution in [0.4, 0.5) is 30.4 Å². The number of aromatic nitrogens is 4. The normalized spacial score (nSPS) is 15.3. The van der Waals surface area contributed by atoms with Gasteiger partial charge in [-0.3, -0.25) is 9.78 Å². The topological polar surface area (TPSA) is 131 Å². The molecular weight excluding hydrogens is 525 g/mol. The SMILES string of the molecule is CC(C)(O)[C@H](F)CNC(=O)c1cnc(-c2ccc3cc(C#N)cnn23)cc1Nc1ccc(N2CC(F)(F)C2)nc1. The lowest BCUT2D eigenvalue weighted by atomic mass is 10.0. The molecule has 0 bridgehead atoms. The van der Waals surface area contributed by atoms with Crippen molar-refractivity contribution >= 4 is 28.6 Å². The summed E-state index contributed by atoms with van der Waals surface area (Å²) in [7, 11) is 0. The zero-order valence-electron chi connectivity index (χ0n) is 21.6. The van der Waals surface area contributed by atoms with Gasteiger partial charge < -0.3 is 20.6 Å². The second-order valence-corrected chi connectivity index (χ2v) is 10.1. The van der Waals surface area contributed by atoms with E-state index in [9.17, 15) is 23.1 Å². The fourth-order valence-electron chi connectivity index (χ4n) is 4.14. The summed E-state index contributed by atoms with van der Waals surface area (Å²) in [5.74, 6) is -2.96. The van der Waals surface area contributed by atoms with E-state index in [0.717, 1.165) is 0 Å². The van der Waals surface area contributed by atoms with Crippen molar-refractivity contribution in [2.24, 2.45) is 0 Å². The number of carbonyl (C=O) groups excluding carboxylic acids is 1. The predicted octanol–water partition coefficient (Wildman–Crippen LogP) is 3.70. The maximum atomic E-state index is 14.3. The highest BCUT2D eigenvalue weighted by Crippen LogP contribution is 2.32. The third kappa shape index (κ3) is 5.52. The molecule has 40 heavy (non-hydrogen) atoms. The van der Waals surface area contributed by atoms with Crippen LogP contribution in [-0.4, -0.2) is 67.9 Å². The number of anilines is 3. The van der Waals surface area contributed by atoms with Crippen LogP contribution in [0.2, 0.25) is 0 Å². The fraction of sp³-hybridized carbons (Fsp3) is 0.296. The van der Waals surface area contributed by atoms with E-state index >= 15 is 0 Å². The first-order valence-corrected chi connectivity index (χ1v) is 12.3. The zero-order chi connectivity index (χ0) is 28.7. The average molecular weight is 551 g/mol. The first-order chi connectivity index (χ1) is 18.9. The van der Waals surface area contributed by atoms with Gasteiger partial charge in [0.15, 0.2) is 0 Å². The first-order valence-electron chi connectivity index (χ1n) is 12.3. The van der Waals surface area contributed by atoms with Crippen molar-refractivity contribution in [2.45, 2.75) is 31.5 Å². The molecular formula is C27H25F3N8O2. The molecule has 0 radical (unpaired) electrons. The summed E-state index contributed by atoms with van der Waals surface area (Å²) in [6.45, 7) is 1.39. The lowest BCUT2D eigenvalue weighted by molar-refractivity contribution is -0.0267. The van der Waals surface area contributed by atoms with E-state index in [-0.39, 0.29) is 5.56 Å². The molecule has 1 atom stereocenters. The van der Waals surface area contributed by atoms with Crippen LogP contribution in [0.1, 0.15) is 29.8 Å². The number of aliphatic hydroxyl groups is 1. The Kier molecular flexibility index (Phi) is 6.80. The number of nitriles is 1. The highest BCUT2D eigenvalue weighted by atomic mass is 19.3. The maximum absolute atomic E-state index is 14.3. The molecule has 5 rings (SSSR count). The van der Waals surface area contributed by atoms with Crippen molar-refractivity contribution in [1.82, 2.24) is 24.9 Å². The highest BCUT2D eigenvalue weighted by molar-refractivity contribution is 6.00. The minimum Gasteiger partial charge on any atom is -0.387 e. The lowest BCUT2D eigenvalue weighted by Gasteiger charge is -2.39. The Labute approximate surface area is 227 Å². The van der Waals surface area contributed by atoms with Crippen molar-refractivity contribution in [3.05, 3.63) is 66.1 Å². The summed E-state index contributed by atoms with van der Waals surface area (Å²) in [6, 6.07) is 12.1. The van der Waals surface area contributed by atoms with Crippen LogP contribution in [0.25, 0.3) is 16.9 Å². The van der Waals surface area contributed by atoms with E-state index < -0.39 is 43.2 Å². The Bertz CT molecular complexity index is 1600. The standard InChI is InChI=1S/C27H25F3N8O2/c1-26(2,40)23(28)13-34-25(39)19-12-32-21(22-5-4-18-7-16(9-31)10-35-38(18)22)8-20(19)36-17-3-6-24(33-11-17)37-14-27(29,30)15-37/h3-8,10-12,23,40H,13-15H2,1-2H3,(H,32,36)(H,34,39)/t23-/m1/s1. The van der Waals surface area contributed by atoms with E-state index in [1.54, 1.807) is 40.9 Å². The number of nitrogens with one attached hydrogen (secondary N) is 2. The van der Waals surface area contributed by atoms with Gasteiger partial charge in [-0.05, 0) is 50.2 Å². The van der Waals surface area contributed by atoms with Crippen LogP contribution in [0, 0.1) is 11.3 Å². The Morgan fingerprint density at radius 3 is 2.60 bits per heavy atom. The van der Waals surface area contributed by atoms with Gasteiger partial charge in [0.25, 0.3) is 11.8 Å². The molecule has 1 aliphatic heterocycles. The Balaban J connectivity index is 1.45. The molecule has 1 aliphatic rings. The van der Waals surface area contributed by atoms with E-state index in [4.69, 9.17) is 5.26 Å². The second kappa shape index (κ2) is 10.1. The van der Waals surface area contributed by atoms with Crippen LogP contribution < -0.4 is 15.5 Å². The fourth-order valence-corrected chi connectivity index (χ4v) is 4.14. The predicted molar refractivity (Wildman–Crippen MR) is 141 cm³/mol. The second-order valence-electron chi connectivity index (χ2n) is 10.1. The molecule has 0 aliphatic carbocycles. The smallest absolute Gasteiger partial charge is 0.282 e. The molecule has 0 unspecified atom stereocenters. The monoisotopic (exact) mass is 550 g/mol. The number of fused-ring (bicyclic) bond motifs is 1. The Morgan fingerprint density at radius 1 is 1.18 bits per heavy atom. The summed E-state index contributed by atoms with van der Waals surface area (Å²) in [5, 5.41) is 28.9. The van der Waals surface area contributed by atoms with Crippen LogP contribution in [0.5, 0.6) is 0 Å². The molecule has 5 heterocycles. The molecule has 4 aromatic rings. The zero-order valence-corrected chi connectivity index (χ0v) is 21.6. The number of hydrogen-bond acceptors (Lipinski definition) is 8. The third-order valence-electron chi connectivity index (χ3n) is 6.44. The summed E-state index contributed by atoms with van der Waals surface area (Å²) in [4.78, 5) is 23.2. The van der Waals surface area contributed by atoms with Gasteiger partial charge in [0.2, 0.25) is 0 Å². The van der Waals surface area contributed by atoms with Crippen LogP contribution in [0.15, 0.2) is 55.0 Å². The molecule has 1 fully saturated rings. The van der Waals surface area contributed by atoms with Gasteiger partial charge >= 0.3 is 0 Å². The molecule has 4 aromatic heterocycles. The van der Waals surface area contributed by atoms with Gasteiger partial charge in [0.1, 0.15) is 18.1 Å². The van der Waals surface area contributed by atoms with Gasteiger partial charge in [-0.2, -0.15) is 10.4 Å². The molecule has 0 saturated carbocycles.